The third kappa shape index (κ3) is 8.61. The molecular weight excluding hydrogens is 444 g/mol. The predicted octanol–water partition coefficient (Wildman–Crippen LogP) is 6.77. The van der Waals surface area contributed by atoms with E-state index in [4.69, 9.17) is 18.9 Å². The van der Waals surface area contributed by atoms with Gasteiger partial charge in [0, 0.05) is 5.92 Å². The van der Waals surface area contributed by atoms with Gasteiger partial charge in [0.2, 0.25) is 0 Å². The van der Waals surface area contributed by atoms with Crippen molar-refractivity contribution in [3.63, 3.8) is 0 Å². The van der Waals surface area contributed by atoms with Crippen molar-refractivity contribution in [2.75, 3.05) is 28.4 Å². The highest BCUT2D eigenvalue weighted by atomic mass is 16.5. The molecule has 0 aromatic heterocycles. The smallest absolute Gasteiger partial charge is 0.161 e. The Morgan fingerprint density at radius 3 is 1.66 bits per heavy atom. The van der Waals surface area contributed by atoms with Crippen molar-refractivity contribution in [1.29, 1.82) is 0 Å². The van der Waals surface area contributed by atoms with Crippen LogP contribution in [0.3, 0.4) is 0 Å². The molecule has 196 valence electrons. The van der Waals surface area contributed by atoms with E-state index in [0.717, 1.165) is 24.0 Å². The third-order valence-electron chi connectivity index (χ3n) is 6.07. The van der Waals surface area contributed by atoms with Crippen molar-refractivity contribution >= 4 is 11.6 Å². The molecular formula is C29H44O6. The lowest BCUT2D eigenvalue weighted by molar-refractivity contribution is -0.122. The summed E-state index contributed by atoms with van der Waals surface area (Å²) in [5.74, 6) is 2.89. The summed E-state index contributed by atoms with van der Waals surface area (Å²) in [7, 11) is 6.38. The zero-order chi connectivity index (χ0) is 27.2. The van der Waals surface area contributed by atoms with Gasteiger partial charge in [0.25, 0.3) is 0 Å². The maximum absolute atomic E-state index is 11.9. The van der Waals surface area contributed by atoms with Gasteiger partial charge < -0.3 is 18.9 Å². The maximum Gasteiger partial charge on any atom is 0.161 e. The predicted molar refractivity (Wildman–Crippen MR) is 142 cm³/mol. The molecule has 0 saturated carbocycles. The van der Waals surface area contributed by atoms with Crippen LogP contribution in [-0.2, 0) is 15.0 Å². The van der Waals surface area contributed by atoms with E-state index >= 15 is 0 Å². The molecule has 0 aliphatic rings. The molecule has 0 radical (unpaired) electrons. The Morgan fingerprint density at radius 2 is 1.26 bits per heavy atom. The Balaban J connectivity index is 0.000000625. The van der Waals surface area contributed by atoms with Crippen molar-refractivity contribution in [2.24, 2.45) is 0 Å². The number of hydrogen-bond donors (Lipinski definition) is 0. The van der Waals surface area contributed by atoms with E-state index in [1.54, 1.807) is 42.3 Å². The largest absolute Gasteiger partial charge is 0.493 e. The summed E-state index contributed by atoms with van der Waals surface area (Å²) in [6, 6.07) is 11.2. The zero-order valence-electron chi connectivity index (χ0n) is 23.4. The summed E-state index contributed by atoms with van der Waals surface area (Å²) >= 11 is 0. The number of Topliss-reactive ketones (excluding diaryl/α,β-unsaturated/α-hetero) is 2. The number of ether oxygens (including phenoxy) is 4. The topological polar surface area (TPSA) is 71.1 Å². The van der Waals surface area contributed by atoms with Crippen LogP contribution in [0.5, 0.6) is 23.0 Å². The summed E-state index contributed by atoms with van der Waals surface area (Å²) in [6.45, 7) is 13.2. The highest BCUT2D eigenvalue weighted by Crippen LogP contribution is 2.36. The van der Waals surface area contributed by atoms with Gasteiger partial charge in [0.05, 0.1) is 33.9 Å². The Morgan fingerprint density at radius 1 is 0.800 bits per heavy atom. The average molecular weight is 489 g/mol. The SMILES string of the molecule is CC.CCCC(C)(C(C)=O)c1ccc(OC)c(OC)c1.COc1ccc(C(C)C(C)=O)cc1OC. The van der Waals surface area contributed by atoms with Crippen LogP contribution >= 0.6 is 0 Å². The normalized spacial score (nSPS) is 12.4. The van der Waals surface area contributed by atoms with E-state index in [2.05, 4.69) is 6.92 Å². The van der Waals surface area contributed by atoms with Crippen molar-refractivity contribution in [2.45, 2.75) is 72.6 Å². The standard InChI is InChI=1S/C15H22O3.C12H16O3.C2H6/c1-6-9-15(3,11(2)16)12-7-8-13(17-4)14(10-12)18-5;1-8(9(2)13)10-5-6-11(14-3)12(7-10)15-4;1-2/h7-8,10H,6,9H2,1-5H3;5-8H,1-4H3;1-2H3. The Bertz CT molecular complexity index is 937. The number of methoxy groups -OCH3 is 4. The molecule has 0 aliphatic carbocycles. The van der Waals surface area contributed by atoms with Gasteiger partial charge in [-0.25, -0.2) is 0 Å². The van der Waals surface area contributed by atoms with Gasteiger partial charge in [-0.1, -0.05) is 46.2 Å². The van der Waals surface area contributed by atoms with Gasteiger partial charge >= 0.3 is 0 Å². The Hall–Kier alpha value is -3.02. The first-order chi connectivity index (χ1) is 16.6. The van der Waals surface area contributed by atoms with Crippen molar-refractivity contribution in [1.82, 2.24) is 0 Å². The monoisotopic (exact) mass is 488 g/mol. The number of carbonyl (C=O) groups excluding carboxylic acids is 2. The molecule has 0 amide bonds. The van der Waals surface area contributed by atoms with Gasteiger partial charge in [-0.05, 0) is 62.6 Å². The molecule has 6 heteroatoms. The van der Waals surface area contributed by atoms with Crippen molar-refractivity contribution in [3.05, 3.63) is 47.5 Å². The fourth-order valence-corrected chi connectivity index (χ4v) is 3.56. The molecule has 0 aliphatic heterocycles. The van der Waals surface area contributed by atoms with E-state index in [9.17, 15) is 9.59 Å². The molecule has 0 N–H and O–H groups in total. The van der Waals surface area contributed by atoms with Crippen LogP contribution in [-0.4, -0.2) is 40.0 Å². The first kappa shape index (κ1) is 32.0. The lowest BCUT2D eigenvalue weighted by atomic mass is 9.75. The minimum absolute atomic E-state index is 0.107. The molecule has 0 bridgehead atoms. The van der Waals surface area contributed by atoms with Crippen LogP contribution in [0, 0.1) is 0 Å². The molecule has 2 atom stereocenters. The number of benzene rings is 2. The first-order valence-corrected chi connectivity index (χ1v) is 12.0. The van der Waals surface area contributed by atoms with Gasteiger partial charge in [-0.2, -0.15) is 0 Å². The summed E-state index contributed by atoms with van der Waals surface area (Å²) in [5.41, 5.74) is 1.48. The maximum atomic E-state index is 11.9. The summed E-state index contributed by atoms with van der Waals surface area (Å²) in [4.78, 5) is 23.2. The van der Waals surface area contributed by atoms with E-state index < -0.39 is 5.41 Å². The quantitative estimate of drug-likeness (QED) is 0.367. The van der Waals surface area contributed by atoms with Gasteiger partial charge in [-0.3, -0.25) is 9.59 Å². The van der Waals surface area contributed by atoms with E-state index in [1.165, 1.54) is 0 Å². The second-order valence-electron chi connectivity index (χ2n) is 8.15. The van der Waals surface area contributed by atoms with E-state index in [-0.39, 0.29) is 17.5 Å². The van der Waals surface area contributed by atoms with Crippen LogP contribution in [0.2, 0.25) is 0 Å². The Labute approximate surface area is 211 Å². The molecule has 0 fully saturated rings. The summed E-state index contributed by atoms with van der Waals surface area (Å²) in [5, 5.41) is 0. The van der Waals surface area contributed by atoms with Crippen LogP contribution in [0.15, 0.2) is 36.4 Å². The number of carbonyl (C=O) groups is 2. The highest BCUT2D eigenvalue weighted by molar-refractivity contribution is 5.87. The summed E-state index contributed by atoms with van der Waals surface area (Å²) < 4.78 is 20.8. The molecule has 6 nitrogen and oxygen atoms in total. The first-order valence-electron chi connectivity index (χ1n) is 12.0. The van der Waals surface area contributed by atoms with Crippen molar-refractivity contribution in [3.8, 4) is 23.0 Å². The third-order valence-corrected chi connectivity index (χ3v) is 6.07. The van der Waals surface area contributed by atoms with E-state index in [1.807, 2.05) is 64.1 Å². The fraction of sp³-hybridized carbons (Fsp3) is 0.517. The molecule has 2 aromatic carbocycles. The summed E-state index contributed by atoms with van der Waals surface area (Å²) in [6.07, 6.45) is 1.79. The zero-order valence-corrected chi connectivity index (χ0v) is 23.4. The lowest BCUT2D eigenvalue weighted by Gasteiger charge is -2.27. The molecule has 2 rings (SSSR count). The molecule has 35 heavy (non-hydrogen) atoms. The fourth-order valence-electron chi connectivity index (χ4n) is 3.56. The molecule has 0 heterocycles. The molecule has 2 unspecified atom stereocenters. The van der Waals surface area contributed by atoms with Gasteiger partial charge in [0.15, 0.2) is 23.0 Å². The van der Waals surface area contributed by atoms with Crippen LogP contribution in [0.4, 0.5) is 0 Å². The van der Waals surface area contributed by atoms with Gasteiger partial charge in [-0.15, -0.1) is 0 Å². The number of rotatable bonds is 10. The molecule has 0 saturated heterocycles. The highest BCUT2D eigenvalue weighted by Gasteiger charge is 2.31. The van der Waals surface area contributed by atoms with Crippen LogP contribution < -0.4 is 18.9 Å². The number of ketones is 2. The minimum Gasteiger partial charge on any atom is -0.493 e. The van der Waals surface area contributed by atoms with Crippen molar-refractivity contribution < 1.29 is 28.5 Å². The number of hydrogen-bond acceptors (Lipinski definition) is 6. The molecule has 0 spiro atoms. The minimum atomic E-state index is -0.450. The van der Waals surface area contributed by atoms with Gasteiger partial charge in [0.1, 0.15) is 11.6 Å². The van der Waals surface area contributed by atoms with Crippen LogP contribution in [0.25, 0.3) is 0 Å². The Kier molecular flexibility index (Phi) is 14.4. The second kappa shape index (κ2) is 15.8. The van der Waals surface area contributed by atoms with E-state index in [0.29, 0.717) is 23.0 Å². The molecule has 2 aromatic rings. The second-order valence-corrected chi connectivity index (χ2v) is 8.15. The average Bonchev–Trinajstić information content (AvgIpc) is 2.88. The lowest BCUT2D eigenvalue weighted by Crippen LogP contribution is -2.30. The van der Waals surface area contributed by atoms with Crippen LogP contribution in [0.1, 0.15) is 78.4 Å².